The number of nitrogens with zero attached hydrogens (tertiary/aromatic N) is 1. The van der Waals surface area contributed by atoms with E-state index in [0.29, 0.717) is 5.69 Å². The van der Waals surface area contributed by atoms with Gasteiger partial charge < -0.3 is 66.9 Å². The van der Waals surface area contributed by atoms with E-state index in [0.717, 1.165) is 18.4 Å². The second-order valence-corrected chi connectivity index (χ2v) is 9.49. The van der Waals surface area contributed by atoms with Crippen molar-refractivity contribution in [3.05, 3.63) is 27.8 Å². The van der Waals surface area contributed by atoms with Crippen molar-refractivity contribution in [2.24, 2.45) is 0 Å². The first kappa shape index (κ1) is 30.1. The molecule has 0 aliphatic carbocycles. The van der Waals surface area contributed by atoms with Crippen LogP contribution in [0.1, 0.15) is 28.5 Å². The first-order valence-corrected chi connectivity index (χ1v) is 12.2. The molecule has 0 aliphatic rings. The molecule has 3 aromatic rings. The Labute approximate surface area is 229 Å². The van der Waals surface area contributed by atoms with Crippen LogP contribution in [0.2, 0.25) is 0 Å². The Morgan fingerprint density at radius 1 is 0.975 bits per heavy atom. The number of amides is 1. The van der Waals surface area contributed by atoms with Crippen LogP contribution in [0.15, 0.2) is 5.38 Å². The van der Waals surface area contributed by atoms with Crippen molar-refractivity contribution in [3.8, 4) is 46.0 Å². The number of aromatic hydroxyl groups is 8. The van der Waals surface area contributed by atoms with Gasteiger partial charge in [0.1, 0.15) is 5.69 Å². The van der Waals surface area contributed by atoms with Gasteiger partial charge in [-0.3, -0.25) is 10.1 Å². The molecule has 1 heterocycles. The summed E-state index contributed by atoms with van der Waals surface area (Å²) in [4.78, 5) is 16.2. The van der Waals surface area contributed by atoms with Crippen LogP contribution >= 0.6 is 11.3 Å². The van der Waals surface area contributed by atoms with Crippen molar-refractivity contribution >= 4 is 28.1 Å². The summed E-state index contributed by atoms with van der Waals surface area (Å²) in [5.74, 6) is -11.7. The van der Waals surface area contributed by atoms with Gasteiger partial charge in [0.15, 0.2) is 45.7 Å². The van der Waals surface area contributed by atoms with Gasteiger partial charge in [0.25, 0.3) is 5.91 Å². The highest BCUT2D eigenvalue weighted by molar-refractivity contribution is 7.13. The molecule has 0 saturated carbocycles. The number of nitrogens with two attached hydrogens (primary N) is 1. The van der Waals surface area contributed by atoms with Crippen molar-refractivity contribution in [2.75, 3.05) is 24.7 Å². The van der Waals surface area contributed by atoms with Crippen LogP contribution in [-0.4, -0.2) is 81.5 Å². The summed E-state index contributed by atoms with van der Waals surface area (Å²) in [6.07, 6.45) is -2.62. The highest BCUT2D eigenvalue weighted by atomic mass is 32.1. The van der Waals surface area contributed by atoms with Gasteiger partial charge in [0.2, 0.25) is 17.4 Å². The summed E-state index contributed by atoms with van der Waals surface area (Å²) in [7, 11) is 1.01. The van der Waals surface area contributed by atoms with Crippen LogP contribution < -0.4 is 16.4 Å². The first-order chi connectivity index (χ1) is 18.6. The predicted octanol–water partition coefficient (Wildman–Crippen LogP) is 0.0179. The SMILES string of the molecule is COC(c1c(C)c(O)c(O)c(O)c1O)C(O)(O)NCCc1c(O)c(O)c(NC(=O)Cc2csc(N)n2)c(O)c1O. The predicted molar refractivity (Wildman–Crippen MR) is 138 cm³/mol. The Bertz CT molecular complexity index is 1380. The zero-order valence-corrected chi connectivity index (χ0v) is 21.8. The highest BCUT2D eigenvalue weighted by Gasteiger charge is 2.41. The Kier molecular flexibility index (Phi) is 8.56. The van der Waals surface area contributed by atoms with Gasteiger partial charge in [0, 0.05) is 35.7 Å². The van der Waals surface area contributed by atoms with E-state index in [2.05, 4.69) is 15.6 Å². The summed E-state index contributed by atoms with van der Waals surface area (Å²) >= 11 is 1.09. The van der Waals surface area contributed by atoms with E-state index in [1.165, 1.54) is 12.3 Å². The number of nitrogens with one attached hydrogen (secondary N) is 2. The third-order valence-electron chi connectivity index (χ3n) is 5.98. The molecule has 0 spiro atoms. The highest BCUT2D eigenvalue weighted by Crippen LogP contribution is 2.51. The van der Waals surface area contributed by atoms with Crippen LogP contribution in [-0.2, 0) is 22.4 Å². The molecule has 3 rings (SSSR count). The average Bonchev–Trinajstić information content (AvgIpc) is 3.31. The number of carbonyl (C=O) groups excluding carboxylic acids is 1. The number of ether oxygens (including phenoxy) is 1. The number of benzene rings is 2. The van der Waals surface area contributed by atoms with Gasteiger partial charge in [-0.05, 0) is 13.3 Å². The Morgan fingerprint density at radius 2 is 1.55 bits per heavy atom. The van der Waals surface area contributed by atoms with Gasteiger partial charge in [-0.25, -0.2) is 4.98 Å². The fraction of sp³-hybridized carbons (Fsp3) is 0.304. The summed E-state index contributed by atoms with van der Waals surface area (Å²) in [5.41, 5.74) is 3.94. The summed E-state index contributed by atoms with van der Waals surface area (Å²) < 4.78 is 5.04. The molecule has 0 aliphatic heterocycles. The minimum absolute atomic E-state index is 0.222. The van der Waals surface area contributed by atoms with E-state index in [1.807, 2.05) is 0 Å². The number of carbonyl (C=O) groups is 1. The van der Waals surface area contributed by atoms with Crippen LogP contribution in [0.5, 0.6) is 46.0 Å². The normalized spacial score (nSPS) is 12.4. The molecule has 1 aromatic heterocycles. The lowest BCUT2D eigenvalue weighted by Crippen LogP contribution is -2.51. The number of anilines is 2. The topological polar surface area (TPSA) is 292 Å². The molecule has 40 heavy (non-hydrogen) atoms. The van der Waals surface area contributed by atoms with E-state index in [9.17, 15) is 55.9 Å². The number of phenols is 8. The molecule has 17 heteroatoms. The second-order valence-electron chi connectivity index (χ2n) is 8.60. The molecular formula is C23H28N4O12S. The monoisotopic (exact) mass is 584 g/mol. The minimum Gasteiger partial charge on any atom is -0.504 e. The van der Waals surface area contributed by atoms with Gasteiger partial charge in [-0.1, -0.05) is 0 Å². The maximum Gasteiger partial charge on any atom is 0.254 e. The molecule has 0 fully saturated rings. The molecule has 1 amide bonds. The zero-order valence-electron chi connectivity index (χ0n) is 21.0. The average molecular weight is 585 g/mol. The van der Waals surface area contributed by atoms with E-state index in [1.54, 1.807) is 0 Å². The molecule has 0 radical (unpaired) electrons. The number of hydrogen-bond donors (Lipinski definition) is 13. The molecular weight excluding hydrogens is 556 g/mol. The molecule has 2 aromatic carbocycles. The van der Waals surface area contributed by atoms with Crippen molar-refractivity contribution in [2.45, 2.75) is 31.8 Å². The molecule has 218 valence electrons. The lowest BCUT2D eigenvalue weighted by atomic mass is 9.97. The summed E-state index contributed by atoms with van der Waals surface area (Å²) in [6.45, 7) is 0.708. The lowest BCUT2D eigenvalue weighted by Gasteiger charge is -2.32. The van der Waals surface area contributed by atoms with Gasteiger partial charge in [0.05, 0.1) is 12.1 Å². The van der Waals surface area contributed by atoms with E-state index >= 15 is 0 Å². The number of rotatable bonds is 10. The van der Waals surface area contributed by atoms with Crippen molar-refractivity contribution in [3.63, 3.8) is 0 Å². The molecule has 14 N–H and O–H groups in total. The fourth-order valence-electron chi connectivity index (χ4n) is 3.96. The third kappa shape index (κ3) is 5.63. The molecule has 1 unspecified atom stereocenters. The maximum atomic E-state index is 12.3. The van der Waals surface area contributed by atoms with Crippen LogP contribution in [0, 0.1) is 6.92 Å². The van der Waals surface area contributed by atoms with Crippen molar-refractivity contribution in [1.29, 1.82) is 0 Å². The van der Waals surface area contributed by atoms with E-state index in [-0.39, 0.29) is 17.1 Å². The molecule has 16 nitrogen and oxygen atoms in total. The van der Waals surface area contributed by atoms with Crippen molar-refractivity contribution < 1.29 is 60.6 Å². The van der Waals surface area contributed by atoms with Gasteiger partial charge in [-0.15, -0.1) is 11.3 Å². The zero-order chi connectivity index (χ0) is 30.1. The minimum atomic E-state index is -3.03. The summed E-state index contributed by atoms with van der Waals surface area (Å²) in [5, 5.41) is 109. The smallest absolute Gasteiger partial charge is 0.254 e. The summed E-state index contributed by atoms with van der Waals surface area (Å²) in [6, 6.07) is 0. The Balaban J connectivity index is 1.80. The van der Waals surface area contributed by atoms with E-state index < -0.39 is 93.7 Å². The third-order valence-corrected chi connectivity index (χ3v) is 6.70. The first-order valence-electron chi connectivity index (χ1n) is 11.3. The molecule has 1 atom stereocenters. The number of hydrogen-bond acceptors (Lipinski definition) is 16. The Morgan fingerprint density at radius 3 is 2.08 bits per heavy atom. The largest absolute Gasteiger partial charge is 0.504 e. The molecule has 0 saturated heterocycles. The van der Waals surface area contributed by atoms with Gasteiger partial charge in [-0.2, -0.15) is 0 Å². The number of aromatic nitrogens is 1. The van der Waals surface area contributed by atoms with E-state index in [4.69, 9.17) is 10.5 Å². The van der Waals surface area contributed by atoms with Gasteiger partial charge >= 0.3 is 0 Å². The van der Waals surface area contributed by atoms with Crippen LogP contribution in [0.25, 0.3) is 0 Å². The number of nitrogen functional groups attached to an aromatic ring is 1. The number of aliphatic hydroxyl groups is 2. The quantitative estimate of drug-likeness (QED) is 0.0849. The second kappa shape index (κ2) is 11.4. The Hall–Kier alpha value is -4.42. The number of phenolic OH excluding ortho intramolecular Hbond substituents is 8. The number of thiazole rings is 1. The van der Waals surface area contributed by atoms with Crippen LogP contribution in [0.4, 0.5) is 10.8 Å². The lowest BCUT2D eigenvalue weighted by molar-refractivity contribution is -0.255. The van der Waals surface area contributed by atoms with Crippen molar-refractivity contribution in [1.82, 2.24) is 10.3 Å². The fourth-order valence-corrected chi connectivity index (χ4v) is 4.52. The molecule has 0 bridgehead atoms. The maximum absolute atomic E-state index is 12.3. The standard InChI is InChI=1S/C23H28N4O12S/c1-7-11(16(32)20(36)19(35)13(7)29)21(39-2)23(37,38)25-4-3-9-14(30)17(33)12(18(34)15(9)31)27-10(28)5-8-6-40-22(24)26-8/h6,21,25,29-38H,3-5H2,1-2H3,(H2,24,26)(H,27,28). The van der Waals surface area contributed by atoms with Crippen LogP contribution in [0.3, 0.4) is 0 Å². The number of methoxy groups -OCH3 is 1.